The molecule has 0 N–H and O–H groups in total. The molecule has 0 spiro atoms. The Bertz CT molecular complexity index is 623. The van der Waals surface area contributed by atoms with E-state index in [0.717, 1.165) is 12.8 Å². The number of hydrogen-bond acceptors (Lipinski definition) is 5. The minimum Gasteiger partial charge on any atom is -0.353 e. The Hall–Kier alpha value is -0.800. The zero-order valence-electron chi connectivity index (χ0n) is 16.8. The van der Waals surface area contributed by atoms with Gasteiger partial charge in [-0.05, 0) is 26.2 Å². The SMILES string of the molecule is CCCCOC(C)OCCCCCCOS(=O)(=O)C(F)(F)C(F)(F)C(F)(F)C(F)(F)F. The maximum Gasteiger partial charge on any atom is 0.460 e. The van der Waals surface area contributed by atoms with Gasteiger partial charge in [-0.3, -0.25) is 4.18 Å². The van der Waals surface area contributed by atoms with Gasteiger partial charge in [0.05, 0.1) is 6.61 Å². The van der Waals surface area contributed by atoms with E-state index in [4.69, 9.17) is 9.47 Å². The van der Waals surface area contributed by atoms with Crippen molar-refractivity contribution in [1.29, 1.82) is 0 Å². The first-order chi connectivity index (χ1) is 14.0. The first-order valence-corrected chi connectivity index (χ1v) is 10.7. The molecule has 0 aliphatic rings. The lowest BCUT2D eigenvalue weighted by Gasteiger charge is -2.32. The third kappa shape index (κ3) is 7.93. The van der Waals surface area contributed by atoms with Gasteiger partial charge in [0.25, 0.3) is 0 Å². The van der Waals surface area contributed by atoms with Gasteiger partial charge in [0, 0.05) is 13.2 Å². The van der Waals surface area contributed by atoms with Gasteiger partial charge in [0.15, 0.2) is 6.29 Å². The van der Waals surface area contributed by atoms with E-state index in [1.165, 1.54) is 0 Å². The lowest BCUT2D eigenvalue weighted by Crippen LogP contribution is -2.63. The summed E-state index contributed by atoms with van der Waals surface area (Å²) < 4.78 is 151. The van der Waals surface area contributed by atoms with Crippen LogP contribution in [-0.4, -0.2) is 57.8 Å². The topological polar surface area (TPSA) is 61.8 Å². The van der Waals surface area contributed by atoms with E-state index in [1.807, 2.05) is 6.92 Å². The molecule has 1 unspecified atom stereocenters. The summed E-state index contributed by atoms with van der Waals surface area (Å²) in [6.45, 7) is 3.31. The van der Waals surface area contributed by atoms with Crippen LogP contribution in [0.2, 0.25) is 0 Å². The zero-order chi connectivity index (χ0) is 24.6. The van der Waals surface area contributed by atoms with E-state index < -0.39 is 46.3 Å². The van der Waals surface area contributed by atoms with Gasteiger partial charge in [0.2, 0.25) is 0 Å². The number of hydrogen-bond donors (Lipinski definition) is 0. The molecule has 0 aliphatic carbocycles. The fourth-order valence-corrected chi connectivity index (χ4v) is 2.94. The van der Waals surface area contributed by atoms with Crippen LogP contribution in [0, 0.1) is 0 Å². The van der Waals surface area contributed by atoms with Gasteiger partial charge in [-0.15, -0.1) is 0 Å². The summed E-state index contributed by atoms with van der Waals surface area (Å²) in [5.41, 5.74) is 0. The molecule has 0 aromatic carbocycles. The van der Waals surface area contributed by atoms with Crippen LogP contribution in [0.15, 0.2) is 0 Å². The molecule has 0 aliphatic heterocycles. The first kappa shape index (κ1) is 30.2. The summed E-state index contributed by atoms with van der Waals surface area (Å²) in [6, 6.07) is 0. The van der Waals surface area contributed by atoms with Gasteiger partial charge in [-0.2, -0.15) is 47.9 Å². The number of halogens is 9. The quantitative estimate of drug-likeness (QED) is 0.121. The molecule has 0 aromatic rings. The van der Waals surface area contributed by atoms with Crippen molar-refractivity contribution in [2.45, 2.75) is 81.9 Å². The van der Waals surface area contributed by atoms with E-state index in [1.54, 1.807) is 6.92 Å². The minimum atomic E-state index is -7.31. The summed E-state index contributed by atoms with van der Waals surface area (Å²) in [5.74, 6) is -14.6. The highest BCUT2D eigenvalue weighted by Gasteiger charge is 2.85. The normalized spacial score (nSPS) is 15.3. The molecule has 0 aromatic heterocycles. The van der Waals surface area contributed by atoms with Crippen LogP contribution in [0.5, 0.6) is 0 Å². The second-order valence-electron chi connectivity index (χ2n) is 6.52. The lowest BCUT2D eigenvalue weighted by atomic mass is 10.1. The monoisotopic (exact) mass is 500 g/mol. The van der Waals surface area contributed by atoms with E-state index >= 15 is 0 Å². The van der Waals surface area contributed by atoms with Crippen molar-refractivity contribution in [2.24, 2.45) is 0 Å². The molecular weight excluding hydrogens is 475 g/mol. The van der Waals surface area contributed by atoms with E-state index in [9.17, 15) is 47.9 Å². The van der Waals surface area contributed by atoms with E-state index in [0.29, 0.717) is 19.4 Å². The molecule has 0 bridgehead atoms. The van der Waals surface area contributed by atoms with Gasteiger partial charge in [-0.25, -0.2) is 0 Å². The predicted molar refractivity (Wildman–Crippen MR) is 90.5 cm³/mol. The van der Waals surface area contributed by atoms with Crippen molar-refractivity contribution in [3.8, 4) is 0 Å². The minimum absolute atomic E-state index is 0.157. The first-order valence-electron chi connectivity index (χ1n) is 9.28. The summed E-state index contributed by atoms with van der Waals surface area (Å²) >= 11 is 0. The zero-order valence-corrected chi connectivity index (χ0v) is 17.6. The van der Waals surface area contributed by atoms with Crippen molar-refractivity contribution in [3.63, 3.8) is 0 Å². The molecule has 0 saturated heterocycles. The number of rotatable bonds is 16. The fraction of sp³-hybridized carbons (Fsp3) is 1.00. The van der Waals surface area contributed by atoms with Gasteiger partial charge >= 0.3 is 33.4 Å². The highest BCUT2D eigenvalue weighted by Crippen LogP contribution is 2.54. The highest BCUT2D eigenvalue weighted by atomic mass is 32.2. The van der Waals surface area contributed by atoms with Crippen LogP contribution >= 0.6 is 0 Å². The van der Waals surface area contributed by atoms with Crippen molar-refractivity contribution in [2.75, 3.05) is 19.8 Å². The van der Waals surface area contributed by atoms with Crippen LogP contribution in [-0.2, 0) is 23.8 Å². The fourth-order valence-electron chi connectivity index (χ4n) is 2.01. The van der Waals surface area contributed by atoms with Gasteiger partial charge < -0.3 is 9.47 Å². The van der Waals surface area contributed by atoms with Crippen molar-refractivity contribution >= 4 is 10.1 Å². The highest BCUT2D eigenvalue weighted by molar-refractivity contribution is 7.87. The molecule has 5 nitrogen and oxygen atoms in total. The Kier molecular flexibility index (Phi) is 11.6. The molecule has 31 heavy (non-hydrogen) atoms. The number of alkyl halides is 9. The molecule has 0 amide bonds. The third-order valence-electron chi connectivity index (χ3n) is 3.91. The Morgan fingerprint density at radius 3 is 1.61 bits per heavy atom. The van der Waals surface area contributed by atoms with E-state index in [2.05, 4.69) is 4.18 Å². The molecule has 0 heterocycles. The third-order valence-corrected chi connectivity index (χ3v) is 5.27. The van der Waals surface area contributed by atoms with Gasteiger partial charge in [0.1, 0.15) is 0 Å². The molecule has 0 fully saturated rings. The second kappa shape index (κ2) is 11.9. The Labute approximate surface area is 174 Å². The summed E-state index contributed by atoms with van der Waals surface area (Å²) in [7, 11) is -6.79. The summed E-state index contributed by atoms with van der Waals surface area (Å²) in [4.78, 5) is 0. The lowest BCUT2D eigenvalue weighted by molar-refractivity contribution is -0.382. The standard InChI is InChI=1S/C16H25F9O5S/c1-3-4-9-28-12(2)29-10-7-5-6-8-11-30-31(26,27)16(24,25)14(19,20)13(17,18)15(21,22)23/h12H,3-11H2,1-2H3. The molecular formula is C16H25F9O5S. The molecule has 15 heteroatoms. The maximum absolute atomic E-state index is 13.4. The number of ether oxygens (including phenoxy) is 2. The number of unbranched alkanes of at least 4 members (excludes halogenated alkanes) is 4. The Morgan fingerprint density at radius 2 is 1.16 bits per heavy atom. The smallest absolute Gasteiger partial charge is 0.353 e. The van der Waals surface area contributed by atoms with Gasteiger partial charge in [-0.1, -0.05) is 26.2 Å². The second-order valence-corrected chi connectivity index (χ2v) is 8.17. The predicted octanol–water partition coefficient (Wildman–Crippen LogP) is 5.50. The van der Waals surface area contributed by atoms with Crippen LogP contribution < -0.4 is 0 Å². The average Bonchev–Trinajstić information content (AvgIpc) is 2.62. The largest absolute Gasteiger partial charge is 0.460 e. The van der Waals surface area contributed by atoms with Crippen molar-refractivity contribution < 1.29 is 61.6 Å². The average molecular weight is 500 g/mol. The molecule has 188 valence electrons. The molecule has 0 radical (unpaired) electrons. The Morgan fingerprint density at radius 1 is 0.710 bits per heavy atom. The van der Waals surface area contributed by atoms with Crippen molar-refractivity contribution in [1.82, 2.24) is 0 Å². The van der Waals surface area contributed by atoms with Crippen LogP contribution in [0.4, 0.5) is 39.5 Å². The Balaban J connectivity index is 4.48. The van der Waals surface area contributed by atoms with Crippen LogP contribution in [0.25, 0.3) is 0 Å². The van der Waals surface area contributed by atoms with E-state index in [-0.39, 0.29) is 19.4 Å². The van der Waals surface area contributed by atoms with Crippen LogP contribution in [0.3, 0.4) is 0 Å². The summed E-state index contributed by atoms with van der Waals surface area (Å²) in [6.07, 6.45) is -5.06. The van der Waals surface area contributed by atoms with Crippen molar-refractivity contribution in [3.05, 3.63) is 0 Å². The molecule has 1 atom stereocenters. The maximum atomic E-state index is 13.4. The van der Waals surface area contributed by atoms with Crippen LogP contribution in [0.1, 0.15) is 52.4 Å². The summed E-state index contributed by atoms with van der Waals surface area (Å²) in [5, 5.41) is -6.82. The molecule has 0 saturated carbocycles. The molecule has 0 rings (SSSR count).